The second-order valence-corrected chi connectivity index (χ2v) is 4.20. The van der Waals surface area contributed by atoms with Crippen LogP contribution in [-0.4, -0.2) is 57.8 Å². The lowest BCUT2D eigenvalue weighted by molar-refractivity contribution is -0.131. The van der Waals surface area contributed by atoms with Crippen molar-refractivity contribution in [2.45, 2.75) is 17.7 Å². The Morgan fingerprint density at radius 1 is 1.33 bits per heavy atom. The lowest BCUT2D eigenvalue weighted by Gasteiger charge is -2.05. The number of rotatable bonds is 1. The van der Waals surface area contributed by atoms with Gasteiger partial charge in [0.05, 0.1) is 0 Å². The number of amides is 1. The number of halogens is 1. The van der Waals surface area contributed by atoms with E-state index in [0.29, 0.717) is 0 Å². The molecule has 0 spiro atoms. The summed E-state index contributed by atoms with van der Waals surface area (Å²) < 4.78 is 0. The molecule has 0 bridgehead atoms. The summed E-state index contributed by atoms with van der Waals surface area (Å²) in [7, 11) is 3.19. The van der Waals surface area contributed by atoms with Crippen LogP contribution in [0.5, 0.6) is 0 Å². The molecule has 0 aromatic carbocycles. The van der Waals surface area contributed by atoms with Crippen LogP contribution in [0.25, 0.3) is 0 Å². The third kappa shape index (κ3) is 24.6. The van der Waals surface area contributed by atoms with Gasteiger partial charge in [0.15, 0.2) is 0 Å². The second-order valence-electron chi connectivity index (χ2n) is 2.90. The molecule has 1 aliphatic carbocycles. The van der Waals surface area contributed by atoms with Gasteiger partial charge in [-0.3, -0.25) is 4.79 Å². The van der Waals surface area contributed by atoms with E-state index in [0.717, 1.165) is 4.83 Å². The summed E-state index contributed by atoms with van der Waals surface area (Å²) in [5, 5.41) is 22.1. The first-order valence-corrected chi connectivity index (χ1v) is 5.09. The van der Waals surface area contributed by atoms with Crippen LogP contribution < -0.4 is 0 Å². The predicted octanol–water partition coefficient (Wildman–Crippen LogP) is 0.833. The quantitative estimate of drug-likeness (QED) is 0.620. The monoisotopic (exact) mass is 285 g/mol. The zero-order valence-corrected chi connectivity index (χ0v) is 10.3. The molecule has 6 nitrogen and oxygen atoms in total. The first-order chi connectivity index (χ1) is 6.81. The number of carbonyl (C=O) groups excluding carboxylic acids is 1. The van der Waals surface area contributed by atoms with Crippen LogP contribution in [0.3, 0.4) is 0 Å². The molecule has 0 aliphatic heterocycles. The van der Waals surface area contributed by atoms with Crippen molar-refractivity contribution in [2.24, 2.45) is 0 Å². The van der Waals surface area contributed by atoms with Crippen molar-refractivity contribution in [3.8, 4) is 0 Å². The van der Waals surface area contributed by atoms with Gasteiger partial charge in [0.25, 0.3) is 0 Å². The third-order valence-corrected chi connectivity index (χ3v) is 2.06. The van der Waals surface area contributed by atoms with Gasteiger partial charge in [-0.25, -0.2) is 4.79 Å². The molecular formula is C8H16BrNO5. The van der Waals surface area contributed by atoms with Crippen molar-refractivity contribution in [1.29, 1.82) is 0 Å². The largest absolute Gasteiger partial charge is 0.503 e. The predicted molar refractivity (Wildman–Crippen MR) is 58.4 cm³/mol. The molecular weight excluding hydrogens is 270 g/mol. The molecule has 1 amide bonds. The Morgan fingerprint density at radius 2 is 1.60 bits per heavy atom. The van der Waals surface area contributed by atoms with Crippen molar-refractivity contribution >= 4 is 28.0 Å². The summed E-state index contributed by atoms with van der Waals surface area (Å²) in [6.07, 6.45) is 0.972. The zero-order chi connectivity index (χ0) is 12.4. The number of hydrogen-bond acceptors (Lipinski definition) is 3. The lowest BCUT2D eigenvalue weighted by Crippen LogP contribution is -2.24. The van der Waals surface area contributed by atoms with Crippen LogP contribution in [0, 0.1) is 0 Å². The molecule has 0 heterocycles. The summed E-state index contributed by atoms with van der Waals surface area (Å²) >= 11 is 3.38. The van der Waals surface area contributed by atoms with E-state index in [9.17, 15) is 4.79 Å². The van der Waals surface area contributed by atoms with E-state index in [-0.39, 0.29) is 5.91 Å². The normalized spacial score (nSPS) is 12.5. The Hall–Kier alpha value is -0.820. The Balaban J connectivity index is 0. The van der Waals surface area contributed by atoms with Crippen molar-refractivity contribution in [1.82, 2.24) is 4.90 Å². The van der Waals surface area contributed by atoms with E-state index < -0.39 is 12.8 Å². The number of nitrogens with zero attached hydrogens (tertiary/aromatic N) is 1. The topological polar surface area (TPSA) is 98.1 Å². The fourth-order valence-electron chi connectivity index (χ4n) is 0.204. The summed E-state index contributed by atoms with van der Waals surface area (Å²) in [5.41, 5.74) is 0. The molecule has 0 radical (unpaired) electrons. The van der Waals surface area contributed by atoms with Gasteiger partial charge < -0.3 is 20.2 Å². The smallest absolute Gasteiger partial charge is 0.450 e. The van der Waals surface area contributed by atoms with Gasteiger partial charge in [-0.2, -0.15) is 0 Å². The minimum atomic E-state index is -1.83. The molecule has 1 aliphatic rings. The van der Waals surface area contributed by atoms with Crippen molar-refractivity contribution < 1.29 is 24.9 Å². The molecule has 1 rings (SSSR count). The molecule has 0 unspecified atom stereocenters. The number of hydrogen-bond donors (Lipinski definition) is 3. The Bertz CT molecular complexity index is 189. The maximum atomic E-state index is 10.2. The average molecular weight is 286 g/mol. The standard InChI is InChI=1S/C4H9NO2.C3H5Br.CH2O3/c1-5(2)4(7)3-6;4-3-1-2-3;2-1(3)4/h6H,3H2,1-2H3;3H,1-2H2;(H2,2,3,4). The third-order valence-electron chi connectivity index (χ3n) is 1.14. The highest BCUT2D eigenvalue weighted by molar-refractivity contribution is 9.09. The van der Waals surface area contributed by atoms with Gasteiger partial charge in [0.1, 0.15) is 6.61 Å². The summed E-state index contributed by atoms with van der Waals surface area (Å²) in [6.45, 7) is -0.396. The number of alkyl halides is 1. The maximum absolute atomic E-state index is 10.2. The van der Waals surface area contributed by atoms with E-state index in [4.69, 9.17) is 20.1 Å². The van der Waals surface area contributed by atoms with E-state index in [1.54, 1.807) is 14.1 Å². The minimum Gasteiger partial charge on any atom is -0.450 e. The van der Waals surface area contributed by atoms with Crippen LogP contribution in [0.4, 0.5) is 4.79 Å². The van der Waals surface area contributed by atoms with Gasteiger partial charge in [0, 0.05) is 18.9 Å². The number of carboxylic acid groups (broad SMARTS) is 2. The van der Waals surface area contributed by atoms with Crippen LogP contribution >= 0.6 is 15.9 Å². The maximum Gasteiger partial charge on any atom is 0.503 e. The summed E-state index contributed by atoms with van der Waals surface area (Å²) in [6, 6.07) is 0. The van der Waals surface area contributed by atoms with E-state index in [1.165, 1.54) is 17.7 Å². The SMILES string of the molecule is BrC1CC1.CN(C)C(=O)CO.O=C(O)O. The van der Waals surface area contributed by atoms with Crippen LogP contribution in [0.2, 0.25) is 0 Å². The Labute approximate surface area is 96.6 Å². The molecule has 1 fully saturated rings. The molecule has 1 saturated carbocycles. The zero-order valence-electron chi connectivity index (χ0n) is 8.68. The van der Waals surface area contributed by atoms with E-state index >= 15 is 0 Å². The molecule has 0 aromatic rings. The average Bonchev–Trinajstić information content (AvgIpc) is 2.86. The van der Waals surface area contributed by atoms with Crippen molar-refractivity contribution in [3.05, 3.63) is 0 Å². The fourth-order valence-corrected chi connectivity index (χ4v) is 0.469. The summed E-state index contributed by atoms with van der Waals surface area (Å²) in [5.74, 6) is -0.264. The lowest BCUT2D eigenvalue weighted by atomic mass is 10.6. The first kappa shape index (κ1) is 16.6. The highest BCUT2D eigenvalue weighted by Crippen LogP contribution is 2.27. The van der Waals surface area contributed by atoms with Gasteiger partial charge in [0.2, 0.25) is 5.91 Å². The number of aliphatic hydroxyl groups excluding tert-OH is 1. The van der Waals surface area contributed by atoms with Crippen LogP contribution in [-0.2, 0) is 4.79 Å². The molecule has 0 saturated heterocycles. The molecule has 15 heavy (non-hydrogen) atoms. The molecule has 7 heteroatoms. The van der Waals surface area contributed by atoms with Gasteiger partial charge in [-0.05, 0) is 12.8 Å². The second kappa shape index (κ2) is 9.72. The number of aliphatic hydroxyl groups is 1. The van der Waals surface area contributed by atoms with E-state index in [1.807, 2.05) is 0 Å². The van der Waals surface area contributed by atoms with Crippen LogP contribution in [0.1, 0.15) is 12.8 Å². The Morgan fingerprint density at radius 3 is 1.60 bits per heavy atom. The van der Waals surface area contributed by atoms with Crippen molar-refractivity contribution in [2.75, 3.05) is 20.7 Å². The van der Waals surface area contributed by atoms with Gasteiger partial charge >= 0.3 is 6.16 Å². The minimum absolute atomic E-state index is 0.264. The Kier molecular flexibility index (Phi) is 10.8. The molecule has 0 aromatic heterocycles. The highest BCUT2D eigenvalue weighted by atomic mass is 79.9. The highest BCUT2D eigenvalue weighted by Gasteiger charge is 2.15. The number of carbonyl (C=O) groups is 2. The number of likely N-dealkylation sites (N-methyl/N-ethyl adjacent to an activating group) is 1. The molecule has 3 N–H and O–H groups in total. The van der Waals surface area contributed by atoms with Crippen molar-refractivity contribution in [3.63, 3.8) is 0 Å². The fraction of sp³-hybridized carbons (Fsp3) is 0.750. The first-order valence-electron chi connectivity index (χ1n) is 4.18. The van der Waals surface area contributed by atoms with Gasteiger partial charge in [-0.1, -0.05) is 15.9 Å². The molecule has 90 valence electrons. The van der Waals surface area contributed by atoms with E-state index in [2.05, 4.69) is 15.9 Å². The van der Waals surface area contributed by atoms with Gasteiger partial charge in [-0.15, -0.1) is 0 Å². The summed E-state index contributed by atoms with van der Waals surface area (Å²) in [4.78, 5) is 21.0. The van der Waals surface area contributed by atoms with Crippen LogP contribution in [0.15, 0.2) is 0 Å². The molecule has 0 atom stereocenters.